The molecule has 24 heavy (non-hydrogen) atoms. The maximum absolute atomic E-state index is 13.9. The highest BCUT2D eigenvalue weighted by atomic mass is 19.1. The Hall–Kier alpha value is -2.57. The summed E-state index contributed by atoms with van der Waals surface area (Å²) in [6.07, 6.45) is 0.869. The molecule has 1 atom stereocenters. The number of hydrogen-bond donors (Lipinski definition) is 3. The van der Waals surface area contributed by atoms with Gasteiger partial charge in [-0.15, -0.1) is 0 Å². The first-order valence-electron chi connectivity index (χ1n) is 7.56. The maximum atomic E-state index is 13.9. The number of benzene rings is 2. The van der Waals surface area contributed by atoms with Crippen molar-refractivity contribution in [1.29, 1.82) is 0 Å². The highest BCUT2D eigenvalue weighted by molar-refractivity contribution is 5.63. The molecular weight excluding hydrogens is 312 g/mol. The van der Waals surface area contributed by atoms with E-state index in [-0.39, 0.29) is 18.2 Å². The van der Waals surface area contributed by atoms with Gasteiger partial charge >= 0.3 is 0 Å². The van der Waals surface area contributed by atoms with E-state index in [1.807, 2.05) is 0 Å². The van der Waals surface area contributed by atoms with Gasteiger partial charge in [0.05, 0.1) is 18.0 Å². The van der Waals surface area contributed by atoms with Crippen LogP contribution in [-0.2, 0) is 6.54 Å². The Bertz CT molecular complexity index is 802. The molecule has 0 bridgehead atoms. The molecule has 2 aromatic carbocycles. The number of rotatable bonds is 6. The molecule has 0 saturated carbocycles. The van der Waals surface area contributed by atoms with Crippen LogP contribution in [0.3, 0.4) is 0 Å². The lowest BCUT2D eigenvalue weighted by Crippen LogP contribution is -2.21. The fourth-order valence-electron chi connectivity index (χ4n) is 2.49. The number of hydrogen-bond acceptors (Lipinski definition) is 3. The summed E-state index contributed by atoms with van der Waals surface area (Å²) in [4.78, 5) is 0. The summed E-state index contributed by atoms with van der Waals surface area (Å²) in [5, 5.41) is 20.0. The minimum Gasteiger partial charge on any atom is -0.387 e. The zero-order valence-corrected chi connectivity index (χ0v) is 12.8. The van der Waals surface area contributed by atoms with E-state index in [1.165, 1.54) is 18.2 Å². The first-order chi connectivity index (χ1) is 11.6. The van der Waals surface area contributed by atoms with Gasteiger partial charge in [-0.25, -0.2) is 8.78 Å². The summed E-state index contributed by atoms with van der Waals surface area (Å²) in [7, 11) is 0. The van der Waals surface area contributed by atoms with E-state index >= 15 is 0 Å². The standard InChI is InChI=1S/C18H17F2N3O/c19-14-7-5-12(6-8-14)17(24)11-21-9-13-10-22-23-18(13)15-3-1-2-4-16(15)20/h1-8,10,17,21,24H,9,11H2,(H,22,23). The van der Waals surface area contributed by atoms with Crippen molar-refractivity contribution in [3.63, 3.8) is 0 Å². The maximum Gasteiger partial charge on any atom is 0.132 e. The Morgan fingerprint density at radius 2 is 1.83 bits per heavy atom. The average Bonchev–Trinajstić information content (AvgIpc) is 3.04. The minimum absolute atomic E-state index is 0.285. The highest BCUT2D eigenvalue weighted by Gasteiger charge is 2.12. The van der Waals surface area contributed by atoms with Crippen LogP contribution in [0.15, 0.2) is 54.7 Å². The van der Waals surface area contributed by atoms with Crippen LogP contribution in [0.5, 0.6) is 0 Å². The number of halogens is 2. The summed E-state index contributed by atoms with van der Waals surface area (Å²) < 4.78 is 26.8. The van der Waals surface area contributed by atoms with E-state index in [0.717, 1.165) is 5.56 Å². The Kier molecular flexibility index (Phi) is 4.98. The molecule has 0 aliphatic rings. The summed E-state index contributed by atoms with van der Waals surface area (Å²) in [6, 6.07) is 12.2. The molecule has 0 radical (unpaired) electrons. The number of H-pyrrole nitrogens is 1. The van der Waals surface area contributed by atoms with Crippen LogP contribution < -0.4 is 5.32 Å². The number of aliphatic hydroxyl groups is 1. The first-order valence-corrected chi connectivity index (χ1v) is 7.56. The van der Waals surface area contributed by atoms with Gasteiger partial charge in [0.25, 0.3) is 0 Å². The topological polar surface area (TPSA) is 60.9 Å². The largest absolute Gasteiger partial charge is 0.387 e. The van der Waals surface area contributed by atoms with Crippen molar-refractivity contribution in [3.05, 3.63) is 77.5 Å². The molecular formula is C18H17F2N3O. The smallest absolute Gasteiger partial charge is 0.132 e. The lowest BCUT2D eigenvalue weighted by Gasteiger charge is -2.12. The summed E-state index contributed by atoms with van der Waals surface area (Å²) in [6.45, 7) is 0.700. The third-order valence-corrected chi connectivity index (χ3v) is 3.77. The molecule has 0 aliphatic carbocycles. The molecule has 3 aromatic rings. The SMILES string of the molecule is OC(CNCc1cn[nH]c1-c1ccccc1F)c1ccc(F)cc1. The Balaban J connectivity index is 1.63. The molecule has 0 amide bonds. The van der Waals surface area contributed by atoms with Gasteiger partial charge in [0.2, 0.25) is 0 Å². The van der Waals surface area contributed by atoms with Crippen molar-refractivity contribution < 1.29 is 13.9 Å². The molecule has 1 aromatic heterocycles. The molecule has 0 fully saturated rings. The molecule has 3 rings (SSSR count). The zero-order valence-electron chi connectivity index (χ0n) is 12.8. The Morgan fingerprint density at radius 3 is 2.58 bits per heavy atom. The second kappa shape index (κ2) is 7.33. The second-order valence-electron chi connectivity index (χ2n) is 5.45. The van der Waals surface area contributed by atoms with E-state index in [9.17, 15) is 13.9 Å². The van der Waals surface area contributed by atoms with E-state index in [0.29, 0.717) is 23.4 Å². The normalized spacial score (nSPS) is 12.3. The molecule has 1 unspecified atom stereocenters. The van der Waals surface area contributed by atoms with Gasteiger partial charge in [0.15, 0.2) is 0 Å². The van der Waals surface area contributed by atoms with Crippen molar-refractivity contribution >= 4 is 0 Å². The summed E-state index contributed by atoms with van der Waals surface area (Å²) >= 11 is 0. The Morgan fingerprint density at radius 1 is 1.08 bits per heavy atom. The fourth-order valence-corrected chi connectivity index (χ4v) is 2.49. The van der Waals surface area contributed by atoms with Gasteiger partial charge in [-0.2, -0.15) is 5.10 Å². The van der Waals surface area contributed by atoms with Crippen LogP contribution in [0.4, 0.5) is 8.78 Å². The van der Waals surface area contributed by atoms with Gasteiger partial charge < -0.3 is 10.4 Å². The van der Waals surface area contributed by atoms with E-state index in [1.54, 1.807) is 36.5 Å². The number of nitrogens with one attached hydrogen (secondary N) is 2. The van der Waals surface area contributed by atoms with Crippen LogP contribution >= 0.6 is 0 Å². The lowest BCUT2D eigenvalue weighted by molar-refractivity contribution is 0.174. The third kappa shape index (κ3) is 3.67. The zero-order chi connectivity index (χ0) is 16.9. The molecule has 1 heterocycles. The van der Waals surface area contributed by atoms with Gasteiger partial charge in [-0.3, -0.25) is 5.10 Å². The highest BCUT2D eigenvalue weighted by Crippen LogP contribution is 2.23. The molecule has 3 N–H and O–H groups in total. The van der Waals surface area contributed by atoms with Crippen LogP contribution in [-0.4, -0.2) is 21.8 Å². The predicted molar refractivity (Wildman–Crippen MR) is 87.0 cm³/mol. The van der Waals surface area contributed by atoms with Crippen molar-refractivity contribution in [1.82, 2.24) is 15.5 Å². The molecule has 0 spiro atoms. The molecule has 0 saturated heterocycles. The quantitative estimate of drug-likeness (QED) is 0.651. The van der Waals surface area contributed by atoms with Crippen LogP contribution in [0.2, 0.25) is 0 Å². The van der Waals surface area contributed by atoms with Crippen LogP contribution in [0, 0.1) is 11.6 Å². The third-order valence-electron chi connectivity index (χ3n) is 3.77. The average molecular weight is 329 g/mol. The number of aromatic amines is 1. The van der Waals surface area contributed by atoms with Gasteiger partial charge in [-0.1, -0.05) is 24.3 Å². The summed E-state index contributed by atoms with van der Waals surface area (Å²) in [5.41, 5.74) is 2.49. The molecule has 0 aliphatic heterocycles. The monoisotopic (exact) mass is 329 g/mol. The van der Waals surface area contributed by atoms with Crippen molar-refractivity contribution in [2.24, 2.45) is 0 Å². The number of aromatic nitrogens is 2. The lowest BCUT2D eigenvalue weighted by atomic mass is 10.1. The van der Waals surface area contributed by atoms with Crippen LogP contribution in [0.1, 0.15) is 17.2 Å². The minimum atomic E-state index is -0.755. The van der Waals surface area contributed by atoms with Crippen molar-refractivity contribution in [3.8, 4) is 11.3 Å². The molecule has 4 nitrogen and oxygen atoms in total. The number of aliphatic hydroxyl groups excluding tert-OH is 1. The van der Waals surface area contributed by atoms with E-state index in [4.69, 9.17) is 0 Å². The van der Waals surface area contributed by atoms with Gasteiger partial charge in [0, 0.05) is 24.2 Å². The molecule has 124 valence electrons. The predicted octanol–water partition coefficient (Wildman–Crippen LogP) is 3.18. The van der Waals surface area contributed by atoms with E-state index < -0.39 is 6.10 Å². The second-order valence-corrected chi connectivity index (χ2v) is 5.45. The van der Waals surface area contributed by atoms with Crippen molar-refractivity contribution in [2.45, 2.75) is 12.6 Å². The van der Waals surface area contributed by atoms with Gasteiger partial charge in [-0.05, 0) is 29.8 Å². The summed E-state index contributed by atoms with van der Waals surface area (Å²) in [5.74, 6) is -0.666. The van der Waals surface area contributed by atoms with E-state index in [2.05, 4.69) is 15.5 Å². The number of nitrogens with zero attached hydrogens (tertiary/aromatic N) is 1. The fraction of sp³-hybridized carbons (Fsp3) is 0.167. The first kappa shape index (κ1) is 16.3. The molecule has 6 heteroatoms. The van der Waals surface area contributed by atoms with Crippen molar-refractivity contribution in [2.75, 3.05) is 6.54 Å². The van der Waals surface area contributed by atoms with Crippen LogP contribution in [0.25, 0.3) is 11.3 Å². The Labute approximate surface area is 138 Å². The van der Waals surface area contributed by atoms with Gasteiger partial charge in [0.1, 0.15) is 11.6 Å².